The minimum Gasteiger partial charge on any atom is -0.496 e. The van der Waals surface area contributed by atoms with Crippen molar-refractivity contribution in [2.45, 2.75) is 6.18 Å². The molecule has 0 fully saturated rings. The number of benzene rings is 1. The van der Waals surface area contributed by atoms with Gasteiger partial charge in [0.15, 0.2) is 0 Å². The molecule has 1 amide bonds. The van der Waals surface area contributed by atoms with E-state index in [2.05, 4.69) is 15.9 Å². The number of amides is 1. The van der Waals surface area contributed by atoms with Crippen LogP contribution >= 0.6 is 38.5 Å². The Morgan fingerprint density at radius 1 is 1.47 bits per heavy atom. The number of carbonyl (C=O) groups is 1. The fraction of sp³-hybridized carbons (Fsp3) is 0.222. The molecule has 0 saturated heterocycles. The molecule has 1 rings (SSSR count). The fourth-order valence-electron chi connectivity index (χ4n) is 0.974. The summed E-state index contributed by atoms with van der Waals surface area (Å²) in [5.74, 6) is -1.54. The van der Waals surface area contributed by atoms with Crippen LogP contribution in [0.25, 0.3) is 0 Å². The van der Waals surface area contributed by atoms with Crippen molar-refractivity contribution in [1.29, 1.82) is 0 Å². The number of ether oxygens (including phenoxy) is 1. The molecule has 0 aliphatic heterocycles. The average Bonchev–Trinajstić information content (AvgIpc) is 2.21. The first-order chi connectivity index (χ1) is 7.75. The highest BCUT2D eigenvalue weighted by Gasteiger charge is 2.39. The zero-order valence-corrected chi connectivity index (χ0v) is 12.1. The van der Waals surface area contributed by atoms with E-state index in [9.17, 15) is 18.0 Å². The molecule has 0 saturated carbocycles. The van der Waals surface area contributed by atoms with E-state index in [0.717, 1.165) is 0 Å². The van der Waals surface area contributed by atoms with Gasteiger partial charge in [-0.25, -0.2) is 0 Å². The number of rotatable bonds is 2. The summed E-state index contributed by atoms with van der Waals surface area (Å²) in [6.45, 7) is 0. The van der Waals surface area contributed by atoms with Gasteiger partial charge in [0.2, 0.25) is 0 Å². The molecule has 0 bridgehead atoms. The number of hydrogen-bond acceptors (Lipinski definition) is 2. The maximum atomic E-state index is 12.1. The molecule has 94 valence electrons. The molecular formula is C9H6BrF3INO2. The lowest BCUT2D eigenvalue weighted by Crippen LogP contribution is -2.30. The third-order valence-electron chi connectivity index (χ3n) is 1.75. The summed E-state index contributed by atoms with van der Waals surface area (Å²) in [6.07, 6.45) is -4.91. The molecule has 0 aliphatic carbocycles. The Morgan fingerprint density at radius 2 is 2.06 bits per heavy atom. The van der Waals surface area contributed by atoms with Crippen molar-refractivity contribution in [2.75, 3.05) is 12.4 Å². The van der Waals surface area contributed by atoms with Crippen molar-refractivity contribution in [3.05, 3.63) is 20.2 Å². The molecule has 0 aromatic heterocycles. The zero-order valence-electron chi connectivity index (χ0n) is 8.36. The first-order valence-electron chi connectivity index (χ1n) is 4.17. The summed E-state index contributed by atoms with van der Waals surface area (Å²) < 4.78 is 42.1. The van der Waals surface area contributed by atoms with Gasteiger partial charge in [0.25, 0.3) is 0 Å². The quantitative estimate of drug-likeness (QED) is 0.738. The smallest absolute Gasteiger partial charge is 0.471 e. The first-order valence-corrected chi connectivity index (χ1v) is 6.04. The molecule has 1 aromatic carbocycles. The first kappa shape index (κ1) is 14.6. The number of alkyl halides is 3. The molecule has 0 aliphatic rings. The Hall–Kier alpha value is -0.510. The van der Waals surface area contributed by atoms with Crippen LogP contribution in [0.5, 0.6) is 5.75 Å². The highest BCUT2D eigenvalue weighted by Crippen LogP contribution is 2.32. The third-order valence-corrected chi connectivity index (χ3v) is 3.26. The van der Waals surface area contributed by atoms with E-state index < -0.39 is 12.1 Å². The molecular weight excluding hydrogens is 418 g/mol. The van der Waals surface area contributed by atoms with Gasteiger partial charge in [0.05, 0.1) is 17.3 Å². The van der Waals surface area contributed by atoms with E-state index in [1.807, 2.05) is 0 Å². The summed E-state index contributed by atoms with van der Waals surface area (Å²) >= 11 is 4.93. The summed E-state index contributed by atoms with van der Waals surface area (Å²) in [4.78, 5) is 10.8. The summed E-state index contributed by atoms with van der Waals surface area (Å²) in [7, 11) is 1.43. The van der Waals surface area contributed by atoms with Crippen LogP contribution < -0.4 is 10.1 Å². The van der Waals surface area contributed by atoms with Crippen molar-refractivity contribution in [3.8, 4) is 5.75 Å². The van der Waals surface area contributed by atoms with Crippen LogP contribution in [0.4, 0.5) is 18.9 Å². The Kier molecular flexibility index (Phi) is 4.64. The summed E-state index contributed by atoms with van der Waals surface area (Å²) in [5.41, 5.74) is 0.0700. The van der Waals surface area contributed by atoms with Gasteiger partial charge in [0.1, 0.15) is 5.75 Å². The predicted octanol–water partition coefficient (Wildman–Crippen LogP) is 3.56. The van der Waals surface area contributed by atoms with Crippen molar-refractivity contribution < 1.29 is 22.7 Å². The van der Waals surface area contributed by atoms with Crippen LogP contribution in [0.1, 0.15) is 0 Å². The van der Waals surface area contributed by atoms with Crippen LogP contribution in [0.2, 0.25) is 0 Å². The number of methoxy groups -OCH3 is 1. The van der Waals surface area contributed by atoms with E-state index in [0.29, 0.717) is 13.8 Å². The Bertz CT molecular complexity index is 451. The van der Waals surface area contributed by atoms with Crippen LogP contribution in [0.3, 0.4) is 0 Å². The van der Waals surface area contributed by atoms with Crippen molar-refractivity contribution in [3.63, 3.8) is 0 Å². The zero-order chi connectivity index (χ0) is 13.2. The van der Waals surface area contributed by atoms with Gasteiger partial charge in [-0.2, -0.15) is 13.2 Å². The largest absolute Gasteiger partial charge is 0.496 e. The number of halogens is 5. The normalized spacial score (nSPS) is 11.2. The van der Waals surface area contributed by atoms with E-state index >= 15 is 0 Å². The minimum atomic E-state index is -4.91. The maximum Gasteiger partial charge on any atom is 0.471 e. The molecule has 0 heterocycles. The van der Waals surface area contributed by atoms with E-state index in [4.69, 9.17) is 4.74 Å². The lowest BCUT2D eigenvalue weighted by Gasteiger charge is -2.12. The van der Waals surface area contributed by atoms with E-state index in [-0.39, 0.29) is 5.69 Å². The Morgan fingerprint density at radius 3 is 2.53 bits per heavy atom. The Labute approximate surface area is 117 Å². The van der Waals surface area contributed by atoms with Gasteiger partial charge in [-0.1, -0.05) is 0 Å². The topological polar surface area (TPSA) is 38.3 Å². The highest BCUT2D eigenvalue weighted by molar-refractivity contribution is 14.1. The van der Waals surface area contributed by atoms with Crippen molar-refractivity contribution >= 4 is 50.1 Å². The standard InChI is InChI=1S/C9H6BrF3INO2/c1-17-7-3-5(14)6(2-4(7)10)15-8(16)9(11,12)13/h2-3H,1H3,(H,15,16). The van der Waals surface area contributed by atoms with Gasteiger partial charge in [-0.3, -0.25) is 4.79 Å². The second-order valence-corrected chi connectivity index (χ2v) is 4.94. The molecule has 0 atom stereocenters. The van der Waals surface area contributed by atoms with Gasteiger partial charge in [-0.05, 0) is 50.7 Å². The monoisotopic (exact) mass is 423 g/mol. The lowest BCUT2D eigenvalue weighted by atomic mass is 10.3. The van der Waals surface area contributed by atoms with E-state index in [1.165, 1.54) is 19.2 Å². The van der Waals surface area contributed by atoms with Crippen LogP contribution in [0, 0.1) is 3.57 Å². The maximum absolute atomic E-state index is 12.1. The SMILES string of the molecule is COc1cc(I)c(NC(=O)C(F)(F)F)cc1Br. The number of nitrogens with one attached hydrogen (secondary N) is 1. The third kappa shape index (κ3) is 3.73. The summed E-state index contributed by atoms with van der Waals surface area (Å²) in [5, 5.41) is 1.79. The van der Waals surface area contributed by atoms with Gasteiger partial charge in [-0.15, -0.1) is 0 Å². The van der Waals surface area contributed by atoms with Crippen LogP contribution in [0.15, 0.2) is 16.6 Å². The average molecular weight is 424 g/mol. The summed E-state index contributed by atoms with van der Waals surface area (Å²) in [6, 6.07) is 2.86. The molecule has 0 spiro atoms. The Balaban J connectivity index is 3.01. The fourth-order valence-corrected chi connectivity index (χ4v) is 2.05. The number of carbonyl (C=O) groups excluding carboxylic acids is 1. The predicted molar refractivity (Wildman–Crippen MR) is 68.1 cm³/mol. The second-order valence-electron chi connectivity index (χ2n) is 2.92. The van der Waals surface area contributed by atoms with Gasteiger partial charge >= 0.3 is 12.1 Å². The molecule has 1 aromatic rings. The van der Waals surface area contributed by atoms with Crippen molar-refractivity contribution in [2.24, 2.45) is 0 Å². The van der Waals surface area contributed by atoms with Gasteiger partial charge in [0, 0.05) is 3.57 Å². The van der Waals surface area contributed by atoms with Gasteiger partial charge < -0.3 is 10.1 Å². The van der Waals surface area contributed by atoms with E-state index in [1.54, 1.807) is 27.9 Å². The molecule has 1 N–H and O–H groups in total. The second kappa shape index (κ2) is 5.42. The number of hydrogen-bond donors (Lipinski definition) is 1. The highest BCUT2D eigenvalue weighted by atomic mass is 127. The minimum absolute atomic E-state index is 0.0700. The molecule has 17 heavy (non-hydrogen) atoms. The lowest BCUT2D eigenvalue weighted by molar-refractivity contribution is -0.167. The van der Waals surface area contributed by atoms with Crippen molar-refractivity contribution in [1.82, 2.24) is 0 Å². The molecule has 0 unspecified atom stereocenters. The van der Waals surface area contributed by atoms with Crippen LogP contribution in [-0.2, 0) is 4.79 Å². The molecule has 3 nitrogen and oxygen atoms in total. The number of anilines is 1. The molecule has 8 heteroatoms. The molecule has 0 radical (unpaired) electrons. The van der Waals surface area contributed by atoms with Crippen LogP contribution in [-0.4, -0.2) is 19.2 Å².